The van der Waals surface area contributed by atoms with E-state index in [1.165, 1.54) is 12.8 Å². The summed E-state index contributed by atoms with van der Waals surface area (Å²) in [6.45, 7) is 7.01. The predicted molar refractivity (Wildman–Crippen MR) is 74.6 cm³/mol. The molecule has 1 atom stereocenters. The van der Waals surface area contributed by atoms with Crippen molar-refractivity contribution < 1.29 is 4.74 Å². The van der Waals surface area contributed by atoms with Crippen LogP contribution in [0.15, 0.2) is 18.2 Å². The van der Waals surface area contributed by atoms with E-state index in [-0.39, 0.29) is 0 Å². The summed E-state index contributed by atoms with van der Waals surface area (Å²) in [6.07, 6.45) is 3.51. The van der Waals surface area contributed by atoms with Crippen LogP contribution in [0.2, 0.25) is 0 Å². The van der Waals surface area contributed by atoms with Crippen molar-refractivity contribution in [2.75, 3.05) is 17.7 Å². The molecule has 3 heteroatoms. The van der Waals surface area contributed by atoms with Gasteiger partial charge in [-0.05, 0) is 31.9 Å². The smallest absolute Gasteiger partial charge is 0.144 e. The van der Waals surface area contributed by atoms with Crippen molar-refractivity contribution in [2.24, 2.45) is 0 Å². The van der Waals surface area contributed by atoms with Crippen molar-refractivity contribution >= 4 is 11.4 Å². The summed E-state index contributed by atoms with van der Waals surface area (Å²) in [4.78, 5) is 0. The van der Waals surface area contributed by atoms with Crippen molar-refractivity contribution in [2.45, 2.75) is 46.1 Å². The molecule has 1 aromatic carbocycles. The Kier molecular flexibility index (Phi) is 5.67. The van der Waals surface area contributed by atoms with E-state index in [0.29, 0.717) is 18.3 Å². The molecule has 1 rings (SSSR count). The molecule has 0 aromatic heterocycles. The minimum Gasteiger partial charge on any atom is -0.492 e. The Hall–Kier alpha value is -1.38. The lowest BCUT2D eigenvalue weighted by molar-refractivity contribution is 0.342. The average molecular weight is 236 g/mol. The van der Waals surface area contributed by atoms with Gasteiger partial charge in [-0.15, -0.1) is 0 Å². The Morgan fingerprint density at radius 2 is 2.06 bits per heavy atom. The molecule has 0 bridgehead atoms. The lowest BCUT2D eigenvalue weighted by Crippen LogP contribution is -2.18. The largest absolute Gasteiger partial charge is 0.492 e. The van der Waals surface area contributed by atoms with Crippen LogP contribution in [0.1, 0.15) is 40.0 Å². The zero-order valence-electron chi connectivity index (χ0n) is 11.1. The van der Waals surface area contributed by atoms with Gasteiger partial charge in [-0.25, -0.2) is 0 Å². The van der Waals surface area contributed by atoms with E-state index in [1.54, 1.807) is 0 Å². The summed E-state index contributed by atoms with van der Waals surface area (Å²) < 4.78 is 5.49. The normalized spacial score (nSPS) is 12.2. The summed E-state index contributed by atoms with van der Waals surface area (Å²) >= 11 is 0. The Morgan fingerprint density at radius 1 is 1.29 bits per heavy atom. The first-order valence-electron chi connectivity index (χ1n) is 6.50. The van der Waals surface area contributed by atoms with E-state index < -0.39 is 0 Å². The molecule has 0 spiro atoms. The highest BCUT2D eigenvalue weighted by molar-refractivity contribution is 5.61. The Labute approximate surface area is 104 Å². The van der Waals surface area contributed by atoms with E-state index in [0.717, 1.165) is 17.9 Å². The molecule has 1 unspecified atom stereocenters. The van der Waals surface area contributed by atoms with Crippen molar-refractivity contribution in [3.8, 4) is 5.75 Å². The van der Waals surface area contributed by atoms with Crippen LogP contribution >= 0.6 is 0 Å². The van der Waals surface area contributed by atoms with Gasteiger partial charge in [-0.3, -0.25) is 0 Å². The number of benzene rings is 1. The quantitative estimate of drug-likeness (QED) is 0.710. The van der Waals surface area contributed by atoms with Crippen LogP contribution < -0.4 is 15.8 Å². The van der Waals surface area contributed by atoms with Crippen LogP contribution in [0.25, 0.3) is 0 Å². The number of nitrogens with two attached hydrogens (primary N) is 1. The third-order valence-corrected chi connectivity index (χ3v) is 2.81. The first kappa shape index (κ1) is 13.7. The zero-order valence-corrected chi connectivity index (χ0v) is 11.1. The molecule has 0 aliphatic heterocycles. The molecule has 0 saturated heterocycles. The molecule has 0 aliphatic rings. The summed E-state index contributed by atoms with van der Waals surface area (Å²) in [5.74, 6) is 0.767. The van der Waals surface area contributed by atoms with Crippen LogP contribution in [0.5, 0.6) is 5.75 Å². The van der Waals surface area contributed by atoms with Gasteiger partial charge in [-0.2, -0.15) is 0 Å². The molecule has 3 nitrogen and oxygen atoms in total. The van der Waals surface area contributed by atoms with Gasteiger partial charge >= 0.3 is 0 Å². The average Bonchev–Trinajstić information content (AvgIpc) is 2.33. The van der Waals surface area contributed by atoms with Crippen LogP contribution in [0.3, 0.4) is 0 Å². The van der Waals surface area contributed by atoms with E-state index in [4.69, 9.17) is 10.5 Å². The molecule has 0 amide bonds. The Bertz CT molecular complexity index is 339. The maximum Gasteiger partial charge on any atom is 0.144 e. The highest BCUT2D eigenvalue weighted by Gasteiger charge is 2.07. The standard InChI is InChI=1S/C14H24N2O/c1-4-7-11(5-2)16-12-8-9-13(15)14(10-12)17-6-3/h8-11,16H,4-7,15H2,1-3H3. The SMILES string of the molecule is CCCC(CC)Nc1ccc(N)c(OCC)c1. The second-order valence-corrected chi connectivity index (χ2v) is 4.22. The van der Waals surface area contributed by atoms with Crippen LogP contribution in [-0.4, -0.2) is 12.6 Å². The maximum atomic E-state index is 5.84. The highest BCUT2D eigenvalue weighted by Crippen LogP contribution is 2.26. The van der Waals surface area contributed by atoms with Gasteiger partial charge in [0.1, 0.15) is 5.75 Å². The molecule has 96 valence electrons. The number of nitrogen functional groups attached to an aromatic ring is 1. The van der Waals surface area contributed by atoms with Gasteiger partial charge in [0, 0.05) is 17.8 Å². The van der Waals surface area contributed by atoms with Crippen LogP contribution in [0.4, 0.5) is 11.4 Å². The molecule has 0 aliphatic carbocycles. The molecule has 3 N–H and O–H groups in total. The van der Waals surface area contributed by atoms with Crippen molar-refractivity contribution in [3.05, 3.63) is 18.2 Å². The van der Waals surface area contributed by atoms with E-state index in [1.807, 2.05) is 25.1 Å². The van der Waals surface area contributed by atoms with Crippen molar-refractivity contribution in [1.82, 2.24) is 0 Å². The molecule has 0 fully saturated rings. The van der Waals surface area contributed by atoms with E-state index in [2.05, 4.69) is 19.2 Å². The zero-order chi connectivity index (χ0) is 12.7. The number of hydrogen-bond acceptors (Lipinski definition) is 3. The molecule has 0 radical (unpaired) electrons. The molecule has 1 aromatic rings. The van der Waals surface area contributed by atoms with Gasteiger partial charge in [0.25, 0.3) is 0 Å². The second-order valence-electron chi connectivity index (χ2n) is 4.22. The Morgan fingerprint density at radius 3 is 2.65 bits per heavy atom. The molecule has 17 heavy (non-hydrogen) atoms. The van der Waals surface area contributed by atoms with Crippen molar-refractivity contribution in [1.29, 1.82) is 0 Å². The molecule has 0 heterocycles. The van der Waals surface area contributed by atoms with Crippen molar-refractivity contribution in [3.63, 3.8) is 0 Å². The highest BCUT2D eigenvalue weighted by atomic mass is 16.5. The lowest BCUT2D eigenvalue weighted by atomic mass is 10.1. The summed E-state index contributed by atoms with van der Waals surface area (Å²) in [5.41, 5.74) is 7.63. The second kappa shape index (κ2) is 7.05. The fraction of sp³-hybridized carbons (Fsp3) is 0.571. The molecular weight excluding hydrogens is 212 g/mol. The third-order valence-electron chi connectivity index (χ3n) is 2.81. The van der Waals surface area contributed by atoms with E-state index >= 15 is 0 Å². The van der Waals surface area contributed by atoms with E-state index in [9.17, 15) is 0 Å². The lowest BCUT2D eigenvalue weighted by Gasteiger charge is -2.18. The first-order valence-corrected chi connectivity index (χ1v) is 6.50. The fourth-order valence-electron chi connectivity index (χ4n) is 1.87. The minimum atomic E-state index is 0.526. The number of rotatable bonds is 7. The van der Waals surface area contributed by atoms with Crippen LogP contribution in [-0.2, 0) is 0 Å². The number of nitrogens with one attached hydrogen (secondary N) is 1. The third kappa shape index (κ3) is 4.17. The first-order chi connectivity index (χ1) is 8.21. The summed E-state index contributed by atoms with van der Waals surface area (Å²) in [5, 5.41) is 3.52. The van der Waals surface area contributed by atoms with Gasteiger partial charge in [0.05, 0.1) is 12.3 Å². The predicted octanol–water partition coefficient (Wildman–Crippen LogP) is 3.66. The topological polar surface area (TPSA) is 47.3 Å². The maximum absolute atomic E-state index is 5.84. The van der Waals surface area contributed by atoms with Gasteiger partial charge in [0.15, 0.2) is 0 Å². The Balaban J connectivity index is 2.73. The minimum absolute atomic E-state index is 0.526. The number of hydrogen-bond donors (Lipinski definition) is 2. The molecule has 0 saturated carbocycles. The van der Waals surface area contributed by atoms with Crippen LogP contribution in [0, 0.1) is 0 Å². The monoisotopic (exact) mass is 236 g/mol. The number of ether oxygens (including phenoxy) is 1. The van der Waals surface area contributed by atoms with Gasteiger partial charge in [-0.1, -0.05) is 20.3 Å². The summed E-state index contributed by atoms with van der Waals surface area (Å²) in [6, 6.07) is 6.41. The molecular formula is C14H24N2O. The van der Waals surface area contributed by atoms with Gasteiger partial charge in [0.2, 0.25) is 0 Å². The fourth-order valence-corrected chi connectivity index (χ4v) is 1.87. The van der Waals surface area contributed by atoms with Gasteiger partial charge < -0.3 is 15.8 Å². The number of anilines is 2. The summed E-state index contributed by atoms with van der Waals surface area (Å²) in [7, 11) is 0.